The van der Waals surface area contributed by atoms with Gasteiger partial charge in [0.2, 0.25) is 5.91 Å². The maximum atomic E-state index is 12.9. The van der Waals surface area contributed by atoms with Crippen LogP contribution in [0, 0.1) is 11.8 Å². The van der Waals surface area contributed by atoms with Gasteiger partial charge >= 0.3 is 12.1 Å². The molecule has 1 aromatic heterocycles. The van der Waals surface area contributed by atoms with E-state index in [-0.39, 0.29) is 31.4 Å². The Hall–Kier alpha value is -1.03. The molecule has 1 aliphatic rings. The molecule has 2 atom stereocenters. The predicted molar refractivity (Wildman–Crippen MR) is 90.2 cm³/mol. The molecule has 1 saturated heterocycles. The second kappa shape index (κ2) is 8.57. The molecular formula is C14H17Cl2F3N2O3S. The van der Waals surface area contributed by atoms with Crippen molar-refractivity contribution in [2.75, 3.05) is 26.7 Å². The van der Waals surface area contributed by atoms with Gasteiger partial charge < -0.3 is 10.0 Å². The van der Waals surface area contributed by atoms with Crippen molar-refractivity contribution < 1.29 is 27.9 Å². The van der Waals surface area contributed by atoms with Gasteiger partial charge in [-0.25, -0.2) is 0 Å². The third-order valence-corrected chi connectivity index (χ3v) is 5.16. The van der Waals surface area contributed by atoms with Gasteiger partial charge in [-0.15, -0.1) is 23.7 Å². The summed E-state index contributed by atoms with van der Waals surface area (Å²) in [6, 6.07) is 3.47. The van der Waals surface area contributed by atoms with E-state index in [0.29, 0.717) is 10.9 Å². The molecule has 1 fully saturated rings. The molecule has 11 heteroatoms. The fourth-order valence-electron chi connectivity index (χ4n) is 2.67. The number of hydrogen-bond acceptors (Lipinski definition) is 4. The maximum Gasteiger partial charge on any atom is 0.393 e. The number of hydrogen-bond donors (Lipinski definition) is 1. The van der Waals surface area contributed by atoms with Crippen molar-refractivity contribution in [3.63, 3.8) is 0 Å². The highest BCUT2D eigenvalue weighted by Crippen LogP contribution is 2.37. The molecule has 25 heavy (non-hydrogen) atoms. The van der Waals surface area contributed by atoms with Gasteiger partial charge in [-0.05, 0) is 12.1 Å². The smallest absolute Gasteiger partial charge is 0.393 e. The van der Waals surface area contributed by atoms with Gasteiger partial charge in [0.15, 0.2) is 0 Å². The van der Waals surface area contributed by atoms with E-state index in [1.807, 2.05) is 0 Å². The van der Waals surface area contributed by atoms with Crippen LogP contribution in [0.1, 0.15) is 4.88 Å². The first kappa shape index (κ1) is 22.0. The predicted octanol–water partition coefficient (Wildman–Crippen LogP) is 2.98. The molecule has 0 aliphatic carbocycles. The van der Waals surface area contributed by atoms with E-state index in [4.69, 9.17) is 16.7 Å². The maximum absolute atomic E-state index is 12.9. The Morgan fingerprint density at radius 1 is 1.40 bits per heavy atom. The van der Waals surface area contributed by atoms with E-state index in [1.165, 1.54) is 21.1 Å². The number of carbonyl (C=O) groups is 2. The summed E-state index contributed by atoms with van der Waals surface area (Å²) < 4.78 is 39.4. The van der Waals surface area contributed by atoms with Crippen LogP contribution in [0.25, 0.3) is 0 Å². The van der Waals surface area contributed by atoms with E-state index >= 15 is 0 Å². The molecule has 1 aliphatic heterocycles. The highest BCUT2D eigenvalue weighted by Gasteiger charge is 2.52. The van der Waals surface area contributed by atoms with Gasteiger partial charge in [-0.2, -0.15) is 13.2 Å². The Bertz CT molecular complexity index is 627. The van der Waals surface area contributed by atoms with Crippen molar-refractivity contribution in [3.05, 3.63) is 21.3 Å². The Kier molecular flexibility index (Phi) is 7.54. The Labute approximate surface area is 157 Å². The average molecular weight is 421 g/mol. The van der Waals surface area contributed by atoms with E-state index < -0.39 is 30.5 Å². The quantitative estimate of drug-likeness (QED) is 0.795. The van der Waals surface area contributed by atoms with Crippen molar-refractivity contribution in [2.45, 2.75) is 12.7 Å². The normalized spacial score (nSPS) is 21.0. The number of aliphatic carboxylic acids is 1. The van der Waals surface area contributed by atoms with Gasteiger partial charge in [0.05, 0.1) is 29.3 Å². The van der Waals surface area contributed by atoms with E-state index in [1.54, 1.807) is 19.2 Å². The first-order valence-corrected chi connectivity index (χ1v) is 8.27. The van der Waals surface area contributed by atoms with Crippen LogP contribution in [-0.4, -0.2) is 59.6 Å². The van der Waals surface area contributed by atoms with Gasteiger partial charge in [-0.1, -0.05) is 11.6 Å². The summed E-state index contributed by atoms with van der Waals surface area (Å²) in [4.78, 5) is 26.7. The molecule has 0 aromatic carbocycles. The fraction of sp³-hybridized carbons (Fsp3) is 0.571. The Morgan fingerprint density at radius 3 is 2.48 bits per heavy atom. The lowest BCUT2D eigenvalue weighted by Gasteiger charge is -2.21. The number of likely N-dealkylation sites (N-methyl/N-ethyl adjacent to an activating group) is 1. The van der Waals surface area contributed by atoms with Crippen LogP contribution >= 0.6 is 35.3 Å². The number of carboxylic acid groups (broad SMARTS) is 1. The second-order valence-electron chi connectivity index (χ2n) is 5.74. The van der Waals surface area contributed by atoms with Crippen LogP contribution in [0.2, 0.25) is 4.34 Å². The molecular weight excluding hydrogens is 404 g/mol. The molecule has 0 saturated carbocycles. The van der Waals surface area contributed by atoms with Gasteiger partial charge in [-0.3, -0.25) is 14.5 Å². The number of amides is 1. The minimum absolute atomic E-state index is 0. The van der Waals surface area contributed by atoms with Crippen LogP contribution in [0.3, 0.4) is 0 Å². The zero-order valence-electron chi connectivity index (χ0n) is 13.1. The lowest BCUT2D eigenvalue weighted by molar-refractivity contribution is -0.188. The third kappa shape index (κ3) is 5.73. The van der Waals surface area contributed by atoms with Gasteiger partial charge in [0.25, 0.3) is 0 Å². The van der Waals surface area contributed by atoms with Crippen LogP contribution in [0.4, 0.5) is 13.2 Å². The first-order chi connectivity index (χ1) is 11.1. The SMILES string of the molecule is CN(Cc1ccc(Cl)s1)C(=O)CN1C[C@@H](C(F)(F)F)[C@H](C(=O)O)C1.Cl. The molecule has 1 amide bonds. The average Bonchev–Trinajstić information content (AvgIpc) is 3.04. The summed E-state index contributed by atoms with van der Waals surface area (Å²) in [5, 5.41) is 8.97. The van der Waals surface area contributed by atoms with Crippen molar-refractivity contribution in [1.29, 1.82) is 0 Å². The number of likely N-dealkylation sites (tertiary alicyclic amines) is 1. The number of nitrogens with zero attached hydrogens (tertiary/aromatic N) is 2. The molecule has 2 heterocycles. The molecule has 0 radical (unpaired) electrons. The number of halogens is 5. The Balaban J connectivity index is 0.00000312. The molecule has 1 N–H and O–H groups in total. The topological polar surface area (TPSA) is 60.9 Å². The number of rotatable bonds is 5. The largest absolute Gasteiger partial charge is 0.481 e. The summed E-state index contributed by atoms with van der Waals surface area (Å²) >= 11 is 7.13. The van der Waals surface area contributed by atoms with Gasteiger partial charge in [0.1, 0.15) is 0 Å². The number of thiophene rings is 1. The minimum Gasteiger partial charge on any atom is -0.481 e. The number of carboxylic acids is 1. The molecule has 0 unspecified atom stereocenters. The highest BCUT2D eigenvalue weighted by atomic mass is 35.5. The molecule has 0 spiro atoms. The summed E-state index contributed by atoms with van der Waals surface area (Å²) in [5.74, 6) is -5.36. The van der Waals surface area contributed by atoms with E-state index in [0.717, 1.165) is 4.88 Å². The monoisotopic (exact) mass is 420 g/mol. The molecule has 2 rings (SSSR count). The van der Waals surface area contributed by atoms with E-state index in [2.05, 4.69) is 0 Å². The molecule has 142 valence electrons. The summed E-state index contributed by atoms with van der Waals surface area (Å²) in [6.45, 7) is -0.712. The second-order valence-corrected chi connectivity index (χ2v) is 7.54. The number of alkyl halides is 3. The van der Waals surface area contributed by atoms with Crippen LogP contribution < -0.4 is 0 Å². The highest BCUT2D eigenvalue weighted by molar-refractivity contribution is 7.16. The standard InChI is InChI=1S/C14H16ClF3N2O3S.ClH/c1-19(4-8-2-3-11(15)24-8)12(21)7-20-5-9(13(22)23)10(6-20)14(16,17)18;/h2-3,9-10H,4-7H2,1H3,(H,22,23);1H/t9-,10-;/m1./s1. The van der Waals surface area contributed by atoms with Crippen LogP contribution in [0.15, 0.2) is 12.1 Å². The Morgan fingerprint density at radius 2 is 2.04 bits per heavy atom. The van der Waals surface area contributed by atoms with Crippen molar-refractivity contribution in [1.82, 2.24) is 9.80 Å². The lowest BCUT2D eigenvalue weighted by atomic mass is 9.96. The number of carbonyl (C=O) groups excluding carboxylic acids is 1. The van der Waals surface area contributed by atoms with Crippen molar-refractivity contribution in [3.8, 4) is 0 Å². The summed E-state index contributed by atoms with van der Waals surface area (Å²) in [6.07, 6.45) is -4.60. The first-order valence-electron chi connectivity index (χ1n) is 7.08. The van der Waals surface area contributed by atoms with Gasteiger partial charge in [0, 0.05) is 25.0 Å². The fourth-order valence-corrected chi connectivity index (χ4v) is 3.81. The van der Waals surface area contributed by atoms with Crippen LogP contribution in [0.5, 0.6) is 0 Å². The lowest BCUT2D eigenvalue weighted by Crippen LogP contribution is -2.37. The van der Waals surface area contributed by atoms with E-state index in [9.17, 15) is 22.8 Å². The van der Waals surface area contributed by atoms with Crippen molar-refractivity contribution in [2.24, 2.45) is 11.8 Å². The van der Waals surface area contributed by atoms with Crippen molar-refractivity contribution >= 4 is 47.2 Å². The third-order valence-electron chi connectivity index (χ3n) is 3.94. The minimum atomic E-state index is -4.60. The summed E-state index contributed by atoms with van der Waals surface area (Å²) in [5.41, 5.74) is 0. The molecule has 1 aromatic rings. The zero-order chi connectivity index (χ0) is 18.1. The molecule has 0 bridgehead atoms. The zero-order valence-corrected chi connectivity index (χ0v) is 15.5. The van der Waals surface area contributed by atoms with Crippen LogP contribution in [-0.2, 0) is 16.1 Å². The molecule has 5 nitrogen and oxygen atoms in total. The summed E-state index contributed by atoms with van der Waals surface area (Å²) in [7, 11) is 1.54.